The van der Waals surface area contributed by atoms with Gasteiger partial charge in [0.2, 0.25) is 0 Å². The molecule has 0 N–H and O–H groups in total. The van der Waals surface area contributed by atoms with E-state index in [0.29, 0.717) is 5.15 Å². The second kappa shape index (κ2) is 4.99. The number of nitrogens with zero attached hydrogens (tertiary/aromatic N) is 1. The Kier molecular flexibility index (Phi) is 3.42. The summed E-state index contributed by atoms with van der Waals surface area (Å²) in [6.45, 7) is 2.00. The van der Waals surface area contributed by atoms with Crippen LogP contribution in [0.3, 0.4) is 0 Å². The van der Waals surface area contributed by atoms with Crippen LogP contribution in [-0.4, -0.2) is 4.98 Å². The molecule has 3 heteroatoms. The van der Waals surface area contributed by atoms with Crippen LogP contribution in [0.4, 0.5) is 0 Å². The molecule has 0 aliphatic carbocycles. The van der Waals surface area contributed by atoms with Gasteiger partial charge in [0.15, 0.2) is 0 Å². The number of hydrogen-bond donors (Lipinski definition) is 0. The van der Waals surface area contributed by atoms with E-state index in [2.05, 4.69) is 4.98 Å². The zero-order chi connectivity index (χ0) is 11.4. The van der Waals surface area contributed by atoms with Crippen molar-refractivity contribution in [3.05, 3.63) is 59.4 Å². The molecule has 2 aromatic rings. The van der Waals surface area contributed by atoms with E-state index in [0.717, 1.165) is 11.3 Å². The van der Waals surface area contributed by atoms with Gasteiger partial charge in [-0.15, -0.1) is 0 Å². The van der Waals surface area contributed by atoms with Crippen molar-refractivity contribution >= 4 is 11.6 Å². The number of pyridine rings is 1. The minimum atomic E-state index is 0.00387. The summed E-state index contributed by atoms with van der Waals surface area (Å²) in [6, 6.07) is 13.6. The highest BCUT2D eigenvalue weighted by Crippen LogP contribution is 2.21. The van der Waals surface area contributed by atoms with Crippen molar-refractivity contribution in [2.75, 3.05) is 0 Å². The summed E-state index contributed by atoms with van der Waals surface area (Å²) >= 11 is 5.70. The third-order valence-electron chi connectivity index (χ3n) is 2.28. The molecule has 0 aliphatic heterocycles. The van der Waals surface area contributed by atoms with Crippen LogP contribution in [0.15, 0.2) is 48.7 Å². The highest BCUT2D eigenvalue weighted by molar-refractivity contribution is 6.29. The van der Waals surface area contributed by atoms with Crippen LogP contribution in [0.5, 0.6) is 5.75 Å². The molecular weight excluding hydrogens is 222 g/mol. The number of aromatic nitrogens is 1. The fourth-order valence-electron chi connectivity index (χ4n) is 1.43. The number of ether oxygens (including phenoxy) is 1. The van der Waals surface area contributed by atoms with Crippen LogP contribution in [0, 0.1) is 0 Å². The number of benzene rings is 1. The zero-order valence-electron chi connectivity index (χ0n) is 8.93. The number of rotatable bonds is 3. The van der Waals surface area contributed by atoms with Gasteiger partial charge in [-0.1, -0.05) is 41.9 Å². The summed E-state index contributed by atoms with van der Waals surface area (Å²) in [6.07, 6.45) is 1.63. The van der Waals surface area contributed by atoms with Gasteiger partial charge in [0.05, 0.1) is 6.20 Å². The first kappa shape index (κ1) is 11.0. The van der Waals surface area contributed by atoms with E-state index < -0.39 is 0 Å². The average molecular weight is 234 g/mol. The second-order valence-corrected chi connectivity index (χ2v) is 3.87. The molecule has 82 valence electrons. The normalized spacial score (nSPS) is 12.1. The van der Waals surface area contributed by atoms with Crippen LogP contribution in [0.1, 0.15) is 18.6 Å². The van der Waals surface area contributed by atoms with Crippen molar-refractivity contribution < 1.29 is 4.74 Å². The molecule has 16 heavy (non-hydrogen) atoms. The fourth-order valence-corrected chi connectivity index (χ4v) is 1.54. The first-order valence-corrected chi connectivity index (χ1v) is 5.46. The second-order valence-electron chi connectivity index (χ2n) is 3.49. The van der Waals surface area contributed by atoms with Gasteiger partial charge in [-0.05, 0) is 24.6 Å². The van der Waals surface area contributed by atoms with Crippen molar-refractivity contribution in [2.45, 2.75) is 13.0 Å². The van der Waals surface area contributed by atoms with E-state index in [9.17, 15) is 0 Å². The monoisotopic (exact) mass is 233 g/mol. The van der Waals surface area contributed by atoms with E-state index in [-0.39, 0.29) is 6.10 Å². The summed E-state index contributed by atoms with van der Waals surface area (Å²) in [7, 11) is 0. The summed E-state index contributed by atoms with van der Waals surface area (Å²) in [4.78, 5) is 3.97. The Morgan fingerprint density at radius 3 is 2.50 bits per heavy atom. The molecule has 0 aliphatic rings. The van der Waals surface area contributed by atoms with Gasteiger partial charge in [0.1, 0.15) is 17.0 Å². The lowest BCUT2D eigenvalue weighted by molar-refractivity contribution is 0.226. The summed E-state index contributed by atoms with van der Waals surface area (Å²) in [5.41, 5.74) is 1.14. The van der Waals surface area contributed by atoms with Gasteiger partial charge in [0.25, 0.3) is 0 Å². The largest absolute Gasteiger partial charge is 0.484 e. The molecule has 0 radical (unpaired) electrons. The van der Waals surface area contributed by atoms with Crippen LogP contribution in [-0.2, 0) is 0 Å². The number of halogens is 1. The third-order valence-corrected chi connectivity index (χ3v) is 2.51. The third kappa shape index (κ3) is 2.74. The van der Waals surface area contributed by atoms with Gasteiger partial charge in [-0.3, -0.25) is 0 Å². The molecule has 0 amide bonds. The molecular formula is C13H12ClNO. The van der Waals surface area contributed by atoms with Gasteiger partial charge in [0, 0.05) is 0 Å². The molecule has 0 saturated carbocycles. The van der Waals surface area contributed by atoms with Crippen LogP contribution in [0.25, 0.3) is 0 Å². The Bertz CT molecular complexity index is 441. The van der Waals surface area contributed by atoms with E-state index in [1.165, 1.54) is 0 Å². The van der Waals surface area contributed by atoms with Crippen molar-refractivity contribution in [1.82, 2.24) is 4.98 Å². The highest BCUT2D eigenvalue weighted by Gasteiger charge is 2.06. The van der Waals surface area contributed by atoms with E-state index in [1.807, 2.05) is 43.3 Å². The van der Waals surface area contributed by atoms with E-state index >= 15 is 0 Å². The van der Waals surface area contributed by atoms with Gasteiger partial charge < -0.3 is 4.74 Å². The van der Waals surface area contributed by atoms with Crippen molar-refractivity contribution in [1.29, 1.82) is 0 Å². The molecule has 1 aromatic carbocycles. The molecule has 2 nitrogen and oxygen atoms in total. The van der Waals surface area contributed by atoms with Crippen molar-refractivity contribution in [3.8, 4) is 5.75 Å². The predicted molar refractivity (Wildman–Crippen MR) is 64.7 cm³/mol. The molecule has 2 rings (SSSR count). The topological polar surface area (TPSA) is 22.1 Å². The Hall–Kier alpha value is -1.54. The first-order valence-electron chi connectivity index (χ1n) is 5.09. The zero-order valence-corrected chi connectivity index (χ0v) is 9.69. The van der Waals surface area contributed by atoms with Gasteiger partial charge in [-0.2, -0.15) is 0 Å². The Labute approximate surface area is 99.9 Å². The molecule has 1 unspecified atom stereocenters. The quantitative estimate of drug-likeness (QED) is 0.751. The van der Waals surface area contributed by atoms with Crippen LogP contribution >= 0.6 is 11.6 Å². The molecule has 1 atom stereocenters. The smallest absolute Gasteiger partial charge is 0.138 e. The SMILES string of the molecule is CC(Oc1ccc(Cl)nc1)c1ccccc1. The standard InChI is InChI=1S/C13H12ClNO/c1-10(11-5-3-2-4-6-11)16-12-7-8-13(14)15-9-12/h2-10H,1H3. The highest BCUT2D eigenvalue weighted by atomic mass is 35.5. The lowest BCUT2D eigenvalue weighted by atomic mass is 10.1. The lowest BCUT2D eigenvalue weighted by Crippen LogP contribution is -2.02. The molecule has 0 fully saturated rings. The Morgan fingerprint density at radius 2 is 1.88 bits per heavy atom. The van der Waals surface area contributed by atoms with Crippen molar-refractivity contribution in [2.24, 2.45) is 0 Å². The maximum Gasteiger partial charge on any atom is 0.138 e. The van der Waals surface area contributed by atoms with Gasteiger partial charge in [-0.25, -0.2) is 4.98 Å². The average Bonchev–Trinajstić information content (AvgIpc) is 2.33. The van der Waals surface area contributed by atoms with Crippen LogP contribution < -0.4 is 4.74 Å². The lowest BCUT2D eigenvalue weighted by Gasteiger charge is -2.14. The fraction of sp³-hybridized carbons (Fsp3) is 0.154. The van der Waals surface area contributed by atoms with E-state index in [4.69, 9.17) is 16.3 Å². The Morgan fingerprint density at radius 1 is 1.12 bits per heavy atom. The molecule has 0 spiro atoms. The summed E-state index contributed by atoms with van der Waals surface area (Å²) in [5.74, 6) is 0.723. The molecule has 1 aromatic heterocycles. The first-order chi connectivity index (χ1) is 7.75. The Balaban J connectivity index is 2.08. The number of hydrogen-bond acceptors (Lipinski definition) is 2. The van der Waals surface area contributed by atoms with E-state index in [1.54, 1.807) is 12.3 Å². The predicted octanol–water partition coefficient (Wildman–Crippen LogP) is 3.88. The summed E-state index contributed by atoms with van der Waals surface area (Å²) < 4.78 is 5.73. The maximum atomic E-state index is 5.73. The van der Waals surface area contributed by atoms with Gasteiger partial charge >= 0.3 is 0 Å². The molecule has 0 bridgehead atoms. The summed E-state index contributed by atoms with van der Waals surface area (Å²) in [5, 5.41) is 0.472. The minimum Gasteiger partial charge on any atom is -0.484 e. The van der Waals surface area contributed by atoms with Crippen LogP contribution in [0.2, 0.25) is 5.15 Å². The van der Waals surface area contributed by atoms with Crippen molar-refractivity contribution in [3.63, 3.8) is 0 Å². The molecule has 0 saturated heterocycles. The minimum absolute atomic E-state index is 0.00387. The molecule has 1 heterocycles. The maximum absolute atomic E-state index is 5.73.